The van der Waals surface area contributed by atoms with Crippen molar-refractivity contribution in [2.45, 2.75) is 19.4 Å². The molecule has 1 atom stereocenters. The molecule has 2 aromatic heterocycles. The van der Waals surface area contributed by atoms with Crippen LogP contribution < -0.4 is 5.32 Å². The predicted octanol–water partition coefficient (Wildman–Crippen LogP) is 5.07. The Balaban J connectivity index is 1.50. The van der Waals surface area contributed by atoms with Crippen molar-refractivity contribution in [2.75, 3.05) is 5.32 Å². The summed E-state index contributed by atoms with van der Waals surface area (Å²) in [5.74, 6) is 0.666. The molecule has 1 amide bonds. The Labute approximate surface area is 163 Å². The van der Waals surface area contributed by atoms with E-state index >= 15 is 0 Å². The zero-order valence-corrected chi connectivity index (χ0v) is 15.6. The molecule has 0 saturated heterocycles. The lowest BCUT2D eigenvalue weighted by molar-refractivity contribution is -0.116. The molecule has 2 aromatic carbocycles. The average molecular weight is 371 g/mol. The normalized spacial score (nSPS) is 11.9. The van der Waals surface area contributed by atoms with Gasteiger partial charge in [0, 0.05) is 29.7 Å². The van der Waals surface area contributed by atoms with Crippen LogP contribution in [0.15, 0.2) is 89.8 Å². The van der Waals surface area contributed by atoms with Crippen LogP contribution in [0.3, 0.4) is 0 Å². The molecule has 0 saturated carbocycles. The number of nitrogens with zero attached hydrogens (tertiary/aromatic N) is 2. The molecule has 0 fully saturated rings. The maximum Gasteiger partial charge on any atom is 0.226 e. The van der Waals surface area contributed by atoms with Crippen molar-refractivity contribution in [3.63, 3.8) is 0 Å². The second kappa shape index (κ2) is 7.96. The lowest BCUT2D eigenvalue weighted by Gasteiger charge is -2.21. The number of hydrogen-bond acceptors (Lipinski definition) is 3. The van der Waals surface area contributed by atoms with Gasteiger partial charge in [0.2, 0.25) is 5.91 Å². The summed E-state index contributed by atoms with van der Waals surface area (Å²) in [6, 6.07) is 21.4. The Bertz CT molecular complexity index is 1040. The summed E-state index contributed by atoms with van der Waals surface area (Å²) < 4.78 is 7.23. The number of nitrogens with one attached hydrogen (secondary N) is 1. The first-order chi connectivity index (χ1) is 13.7. The number of aryl methyl sites for hydroxylation is 1. The highest BCUT2D eigenvalue weighted by molar-refractivity contribution is 5.91. The van der Waals surface area contributed by atoms with E-state index in [-0.39, 0.29) is 11.9 Å². The van der Waals surface area contributed by atoms with E-state index in [9.17, 15) is 4.79 Å². The van der Waals surface area contributed by atoms with Crippen molar-refractivity contribution in [3.8, 4) is 11.3 Å². The Kier molecular flexibility index (Phi) is 5.06. The standard InChI is InChI=1S/C23H21N3O2/c1-17-6-2-3-7-20(17)21(26-14-4-5-15-26)16-23(27)25-19-10-8-18(9-11-19)22-12-13-24-28-22/h2-15,21H,16H2,1H3,(H,25,27)/t21-/m1/s1. The van der Waals surface area contributed by atoms with E-state index in [0.717, 1.165) is 16.8 Å². The highest BCUT2D eigenvalue weighted by Gasteiger charge is 2.19. The fourth-order valence-electron chi connectivity index (χ4n) is 3.36. The predicted molar refractivity (Wildman–Crippen MR) is 109 cm³/mol. The van der Waals surface area contributed by atoms with Crippen LogP contribution in [0.4, 0.5) is 5.69 Å². The molecule has 5 nitrogen and oxygen atoms in total. The number of hydrogen-bond donors (Lipinski definition) is 1. The summed E-state index contributed by atoms with van der Waals surface area (Å²) in [6.45, 7) is 2.08. The zero-order chi connectivity index (χ0) is 19.3. The van der Waals surface area contributed by atoms with Crippen LogP contribution in [0.25, 0.3) is 11.3 Å². The van der Waals surface area contributed by atoms with E-state index in [4.69, 9.17) is 4.52 Å². The number of anilines is 1. The number of carbonyl (C=O) groups excluding carboxylic acids is 1. The molecule has 4 aromatic rings. The van der Waals surface area contributed by atoms with Crippen LogP contribution in [0, 0.1) is 6.92 Å². The van der Waals surface area contributed by atoms with Gasteiger partial charge < -0.3 is 14.4 Å². The topological polar surface area (TPSA) is 60.1 Å². The van der Waals surface area contributed by atoms with Crippen molar-refractivity contribution in [3.05, 3.63) is 96.4 Å². The molecule has 4 rings (SSSR count). The Morgan fingerprint density at radius 1 is 1.04 bits per heavy atom. The Morgan fingerprint density at radius 2 is 1.79 bits per heavy atom. The lowest BCUT2D eigenvalue weighted by atomic mass is 9.98. The van der Waals surface area contributed by atoms with Crippen molar-refractivity contribution in [2.24, 2.45) is 0 Å². The molecule has 1 N–H and O–H groups in total. The summed E-state index contributed by atoms with van der Waals surface area (Å²) in [6.07, 6.45) is 5.95. The minimum atomic E-state index is -0.0512. The van der Waals surface area contributed by atoms with Gasteiger partial charge >= 0.3 is 0 Å². The zero-order valence-electron chi connectivity index (χ0n) is 15.6. The molecule has 2 heterocycles. The molecule has 0 unspecified atom stereocenters. The lowest BCUT2D eigenvalue weighted by Crippen LogP contribution is -2.20. The van der Waals surface area contributed by atoms with Gasteiger partial charge in [0.15, 0.2) is 5.76 Å². The number of carbonyl (C=O) groups is 1. The molecule has 28 heavy (non-hydrogen) atoms. The van der Waals surface area contributed by atoms with Gasteiger partial charge in [0.1, 0.15) is 0 Å². The van der Waals surface area contributed by atoms with Crippen LogP contribution in [-0.2, 0) is 4.79 Å². The summed E-state index contributed by atoms with van der Waals surface area (Å²) in [7, 11) is 0. The number of aromatic nitrogens is 2. The molecule has 0 aliphatic rings. The maximum absolute atomic E-state index is 12.8. The largest absolute Gasteiger partial charge is 0.356 e. The third kappa shape index (κ3) is 3.88. The molecule has 5 heteroatoms. The van der Waals surface area contributed by atoms with Crippen LogP contribution >= 0.6 is 0 Å². The van der Waals surface area contributed by atoms with Gasteiger partial charge in [-0.1, -0.05) is 29.4 Å². The van der Waals surface area contributed by atoms with E-state index < -0.39 is 0 Å². The summed E-state index contributed by atoms with van der Waals surface area (Å²) in [5.41, 5.74) is 3.99. The van der Waals surface area contributed by atoms with Crippen molar-refractivity contribution < 1.29 is 9.32 Å². The van der Waals surface area contributed by atoms with Crippen LogP contribution in [0.5, 0.6) is 0 Å². The molecule has 0 aliphatic carbocycles. The van der Waals surface area contributed by atoms with Crippen LogP contribution in [0.2, 0.25) is 0 Å². The minimum absolute atomic E-state index is 0.0330. The summed E-state index contributed by atoms with van der Waals surface area (Å²) in [5, 5.41) is 6.71. The third-order valence-electron chi connectivity index (χ3n) is 4.80. The molecular weight excluding hydrogens is 350 g/mol. The van der Waals surface area contributed by atoms with Gasteiger partial charge in [-0.15, -0.1) is 0 Å². The highest BCUT2D eigenvalue weighted by Crippen LogP contribution is 2.26. The summed E-state index contributed by atoms with van der Waals surface area (Å²) >= 11 is 0. The minimum Gasteiger partial charge on any atom is -0.356 e. The van der Waals surface area contributed by atoms with Gasteiger partial charge in [-0.3, -0.25) is 4.79 Å². The average Bonchev–Trinajstić information content (AvgIpc) is 3.42. The highest BCUT2D eigenvalue weighted by atomic mass is 16.5. The second-order valence-electron chi connectivity index (χ2n) is 6.71. The van der Waals surface area contributed by atoms with E-state index in [1.807, 2.05) is 60.9 Å². The molecule has 0 aliphatic heterocycles. The van der Waals surface area contributed by atoms with E-state index in [2.05, 4.69) is 34.1 Å². The van der Waals surface area contributed by atoms with E-state index in [1.165, 1.54) is 5.56 Å². The number of rotatable bonds is 6. The van der Waals surface area contributed by atoms with Crippen molar-refractivity contribution >= 4 is 11.6 Å². The molecule has 140 valence electrons. The van der Waals surface area contributed by atoms with Gasteiger partial charge in [0.05, 0.1) is 18.7 Å². The molecule has 0 spiro atoms. The molecule has 0 radical (unpaired) electrons. The fourth-order valence-corrected chi connectivity index (χ4v) is 3.36. The monoisotopic (exact) mass is 371 g/mol. The number of amides is 1. The smallest absolute Gasteiger partial charge is 0.226 e. The van der Waals surface area contributed by atoms with Crippen molar-refractivity contribution in [1.82, 2.24) is 9.72 Å². The molecular formula is C23H21N3O2. The number of benzene rings is 2. The third-order valence-corrected chi connectivity index (χ3v) is 4.80. The van der Waals surface area contributed by atoms with Gasteiger partial charge in [-0.05, 0) is 54.4 Å². The SMILES string of the molecule is Cc1ccccc1[C@@H](CC(=O)Nc1ccc(-c2ccno2)cc1)n1cccc1. The van der Waals surface area contributed by atoms with Crippen LogP contribution in [0.1, 0.15) is 23.6 Å². The summed E-state index contributed by atoms with van der Waals surface area (Å²) in [4.78, 5) is 12.8. The van der Waals surface area contributed by atoms with Gasteiger partial charge in [-0.2, -0.15) is 0 Å². The Morgan fingerprint density at radius 3 is 2.46 bits per heavy atom. The second-order valence-corrected chi connectivity index (χ2v) is 6.71. The van der Waals surface area contributed by atoms with Gasteiger partial charge in [-0.25, -0.2) is 0 Å². The maximum atomic E-state index is 12.8. The van der Waals surface area contributed by atoms with Crippen molar-refractivity contribution in [1.29, 1.82) is 0 Å². The van der Waals surface area contributed by atoms with E-state index in [1.54, 1.807) is 12.3 Å². The van der Waals surface area contributed by atoms with Gasteiger partial charge in [0.25, 0.3) is 0 Å². The van der Waals surface area contributed by atoms with E-state index in [0.29, 0.717) is 12.2 Å². The Hall–Kier alpha value is -3.60. The first-order valence-electron chi connectivity index (χ1n) is 9.19. The first-order valence-corrected chi connectivity index (χ1v) is 9.19. The first kappa shape index (κ1) is 17.8. The molecule has 0 bridgehead atoms. The quantitative estimate of drug-likeness (QED) is 0.515. The van der Waals surface area contributed by atoms with Crippen LogP contribution in [-0.4, -0.2) is 15.6 Å². The fraction of sp³-hybridized carbons (Fsp3) is 0.130.